The van der Waals surface area contributed by atoms with Gasteiger partial charge in [0.2, 0.25) is 0 Å². The topological polar surface area (TPSA) is 15.3 Å². The van der Waals surface area contributed by atoms with Crippen LogP contribution >= 0.6 is 15.9 Å². The highest BCUT2D eigenvalue weighted by atomic mass is 79.9. The molecule has 0 unspecified atom stereocenters. The molecule has 0 amide bonds. The quantitative estimate of drug-likeness (QED) is 0.698. The van der Waals surface area contributed by atoms with E-state index >= 15 is 0 Å². The van der Waals surface area contributed by atoms with E-state index in [2.05, 4.69) is 65.1 Å². The van der Waals surface area contributed by atoms with Gasteiger partial charge >= 0.3 is 0 Å². The average molecular weight is 339 g/mol. The molecule has 1 aromatic carbocycles. The van der Waals surface area contributed by atoms with E-state index in [1.54, 1.807) is 0 Å². The molecular weight excluding hydrogens is 312 g/mol. The lowest BCUT2D eigenvalue weighted by molar-refractivity contribution is 0.602. The van der Waals surface area contributed by atoms with Crippen molar-refractivity contribution in [1.29, 1.82) is 0 Å². The number of hydrogen-bond acceptors (Lipinski definition) is 2. The molecule has 1 saturated carbocycles. The van der Waals surface area contributed by atoms with Gasteiger partial charge < -0.3 is 10.2 Å². The summed E-state index contributed by atoms with van der Waals surface area (Å²) in [7, 11) is 0. The molecule has 0 saturated heterocycles. The number of halogens is 1. The average Bonchev–Trinajstić information content (AvgIpc) is 3.22. The maximum Gasteiger partial charge on any atom is 0.0425 e. The first kappa shape index (κ1) is 15.8. The summed E-state index contributed by atoms with van der Waals surface area (Å²) in [6, 6.07) is 7.48. The van der Waals surface area contributed by atoms with Gasteiger partial charge in [0.15, 0.2) is 0 Å². The Morgan fingerprint density at radius 2 is 2.10 bits per heavy atom. The van der Waals surface area contributed by atoms with Crippen molar-refractivity contribution in [1.82, 2.24) is 5.32 Å². The van der Waals surface area contributed by atoms with Crippen LogP contribution in [0.25, 0.3) is 0 Å². The van der Waals surface area contributed by atoms with Crippen LogP contribution < -0.4 is 10.2 Å². The molecule has 1 aromatic rings. The summed E-state index contributed by atoms with van der Waals surface area (Å²) in [5.41, 5.74) is 2.84. The molecule has 1 fully saturated rings. The largest absolute Gasteiger partial charge is 0.368 e. The minimum Gasteiger partial charge on any atom is -0.368 e. The van der Waals surface area contributed by atoms with Crippen LogP contribution in [0.4, 0.5) is 5.69 Å². The van der Waals surface area contributed by atoms with Crippen LogP contribution in [0.2, 0.25) is 0 Å². The Morgan fingerprint density at radius 1 is 1.35 bits per heavy atom. The normalized spacial score (nSPS) is 14.8. The van der Waals surface area contributed by atoms with E-state index in [0.29, 0.717) is 5.92 Å². The van der Waals surface area contributed by atoms with Crippen LogP contribution in [0.5, 0.6) is 0 Å². The summed E-state index contributed by atoms with van der Waals surface area (Å²) in [6.45, 7) is 10.0. The molecule has 2 rings (SSSR count). The van der Waals surface area contributed by atoms with E-state index < -0.39 is 0 Å². The molecule has 1 N–H and O–H groups in total. The van der Waals surface area contributed by atoms with E-state index in [1.165, 1.54) is 35.0 Å². The molecule has 2 nitrogen and oxygen atoms in total. The van der Waals surface area contributed by atoms with Crippen LogP contribution in [0.1, 0.15) is 45.6 Å². The lowest BCUT2D eigenvalue weighted by Crippen LogP contribution is -2.31. The fourth-order valence-corrected chi connectivity index (χ4v) is 2.93. The lowest BCUT2D eigenvalue weighted by atomic mass is 10.1. The molecular formula is C17H27BrN2. The number of benzene rings is 1. The molecule has 0 aromatic heterocycles. The van der Waals surface area contributed by atoms with E-state index in [9.17, 15) is 0 Å². The van der Waals surface area contributed by atoms with Crippen LogP contribution in [0.15, 0.2) is 22.7 Å². The zero-order chi connectivity index (χ0) is 14.5. The van der Waals surface area contributed by atoms with Gasteiger partial charge in [-0.1, -0.05) is 42.8 Å². The zero-order valence-electron chi connectivity index (χ0n) is 13.0. The van der Waals surface area contributed by atoms with Crippen LogP contribution in [0, 0.1) is 5.92 Å². The van der Waals surface area contributed by atoms with E-state index in [0.717, 1.165) is 25.7 Å². The summed E-state index contributed by atoms with van der Waals surface area (Å²) in [5, 5.41) is 3.54. The molecule has 0 heterocycles. The Morgan fingerprint density at radius 3 is 2.70 bits per heavy atom. The fraction of sp³-hybridized carbons (Fsp3) is 0.647. The second-order valence-corrected chi connectivity index (χ2v) is 7.14. The predicted molar refractivity (Wildman–Crippen MR) is 91.3 cm³/mol. The van der Waals surface area contributed by atoms with Gasteiger partial charge in [-0.3, -0.25) is 0 Å². The maximum atomic E-state index is 3.64. The van der Waals surface area contributed by atoms with Crippen molar-refractivity contribution in [2.75, 3.05) is 18.0 Å². The molecule has 0 atom stereocenters. The molecule has 0 spiro atoms. The first-order valence-corrected chi connectivity index (χ1v) is 8.67. The van der Waals surface area contributed by atoms with Crippen molar-refractivity contribution >= 4 is 21.6 Å². The molecule has 0 aliphatic heterocycles. The van der Waals surface area contributed by atoms with Crippen LogP contribution in [0.3, 0.4) is 0 Å². The van der Waals surface area contributed by atoms with Crippen molar-refractivity contribution < 1.29 is 0 Å². The summed E-state index contributed by atoms with van der Waals surface area (Å²) >= 11 is 3.64. The van der Waals surface area contributed by atoms with Gasteiger partial charge in [0.05, 0.1) is 0 Å². The first-order valence-electron chi connectivity index (χ1n) is 7.87. The highest BCUT2D eigenvalue weighted by molar-refractivity contribution is 9.10. The van der Waals surface area contributed by atoms with E-state index in [-0.39, 0.29) is 0 Å². The van der Waals surface area contributed by atoms with Crippen molar-refractivity contribution in [2.45, 2.75) is 52.6 Å². The van der Waals surface area contributed by atoms with Gasteiger partial charge in [-0.05, 0) is 49.4 Å². The minimum absolute atomic E-state index is 0.700. The van der Waals surface area contributed by atoms with Crippen molar-refractivity contribution in [3.8, 4) is 0 Å². The standard InChI is InChI=1S/C17H27BrN2/c1-4-9-19-11-14-5-6-15(18)10-17(14)20(12-13(2)3)16-7-8-16/h5-6,10,13,16,19H,4,7-9,11-12H2,1-3H3. The third-order valence-electron chi connectivity index (χ3n) is 3.65. The highest BCUT2D eigenvalue weighted by Gasteiger charge is 2.30. The fourth-order valence-electron chi connectivity index (χ4n) is 2.58. The van der Waals surface area contributed by atoms with Crippen LogP contribution in [-0.2, 0) is 6.54 Å². The SMILES string of the molecule is CCCNCc1ccc(Br)cc1N(CC(C)C)C1CC1. The molecule has 0 bridgehead atoms. The molecule has 3 heteroatoms. The summed E-state index contributed by atoms with van der Waals surface area (Å²) in [4.78, 5) is 2.62. The second kappa shape index (κ2) is 7.46. The zero-order valence-corrected chi connectivity index (χ0v) is 14.5. The second-order valence-electron chi connectivity index (χ2n) is 6.23. The Labute approximate surface area is 132 Å². The van der Waals surface area contributed by atoms with E-state index in [4.69, 9.17) is 0 Å². The summed E-state index contributed by atoms with van der Waals surface area (Å²) < 4.78 is 1.18. The highest BCUT2D eigenvalue weighted by Crippen LogP contribution is 2.35. The van der Waals surface area contributed by atoms with Crippen LogP contribution in [-0.4, -0.2) is 19.1 Å². The number of rotatable bonds is 8. The van der Waals surface area contributed by atoms with Gasteiger partial charge in [0.1, 0.15) is 0 Å². The maximum absolute atomic E-state index is 3.64. The van der Waals surface area contributed by atoms with Gasteiger partial charge in [-0.25, -0.2) is 0 Å². The van der Waals surface area contributed by atoms with Gasteiger partial charge in [0, 0.05) is 29.3 Å². The Hall–Kier alpha value is -0.540. The molecule has 1 aliphatic rings. The minimum atomic E-state index is 0.700. The van der Waals surface area contributed by atoms with Crippen molar-refractivity contribution in [2.24, 2.45) is 5.92 Å². The predicted octanol–water partition coefficient (Wildman–Crippen LogP) is 4.57. The Balaban J connectivity index is 2.19. The molecule has 0 radical (unpaired) electrons. The smallest absolute Gasteiger partial charge is 0.0425 e. The first-order chi connectivity index (χ1) is 9.61. The summed E-state index contributed by atoms with van der Waals surface area (Å²) in [6.07, 6.45) is 3.88. The monoisotopic (exact) mass is 338 g/mol. The Kier molecular flexibility index (Phi) is 5.91. The number of hydrogen-bond donors (Lipinski definition) is 1. The Bertz CT molecular complexity index is 427. The van der Waals surface area contributed by atoms with Gasteiger partial charge in [-0.15, -0.1) is 0 Å². The van der Waals surface area contributed by atoms with E-state index in [1.807, 2.05) is 0 Å². The molecule has 112 valence electrons. The number of anilines is 1. The van der Waals surface area contributed by atoms with Crippen molar-refractivity contribution in [3.63, 3.8) is 0 Å². The lowest BCUT2D eigenvalue weighted by Gasteiger charge is -2.29. The number of nitrogens with one attached hydrogen (secondary N) is 1. The van der Waals surface area contributed by atoms with Gasteiger partial charge in [0.25, 0.3) is 0 Å². The molecule has 20 heavy (non-hydrogen) atoms. The third kappa shape index (κ3) is 4.49. The molecule has 1 aliphatic carbocycles. The summed E-state index contributed by atoms with van der Waals surface area (Å²) in [5.74, 6) is 0.700. The van der Waals surface area contributed by atoms with Gasteiger partial charge in [-0.2, -0.15) is 0 Å². The third-order valence-corrected chi connectivity index (χ3v) is 4.14. The number of nitrogens with zero attached hydrogens (tertiary/aromatic N) is 1. The van der Waals surface area contributed by atoms with Crippen molar-refractivity contribution in [3.05, 3.63) is 28.2 Å².